The maximum absolute atomic E-state index is 13.8. The van der Waals surface area contributed by atoms with Crippen LogP contribution in [-0.4, -0.2) is 25.5 Å². The topological polar surface area (TPSA) is 67.9 Å². The quantitative estimate of drug-likeness (QED) is 0.481. The number of methoxy groups -OCH3 is 1. The summed E-state index contributed by atoms with van der Waals surface area (Å²) in [4.78, 5) is 28.7. The van der Waals surface area contributed by atoms with Crippen molar-refractivity contribution in [2.45, 2.75) is 27.7 Å². The van der Waals surface area contributed by atoms with Crippen molar-refractivity contribution in [1.29, 1.82) is 0 Å². The van der Waals surface area contributed by atoms with Gasteiger partial charge in [0, 0.05) is 6.07 Å². The first-order valence-electron chi connectivity index (χ1n) is 11.2. The number of rotatable bonds is 7. The highest BCUT2D eigenvalue weighted by molar-refractivity contribution is 6.46. The van der Waals surface area contributed by atoms with Gasteiger partial charge >= 0.3 is 0 Å². The zero-order chi connectivity index (χ0) is 24.4. The van der Waals surface area contributed by atoms with Gasteiger partial charge in [0.05, 0.1) is 30.7 Å². The summed E-state index contributed by atoms with van der Waals surface area (Å²) < 4.78 is 11.1. The third-order valence-electron chi connectivity index (χ3n) is 5.74. The third-order valence-corrected chi connectivity index (χ3v) is 5.74. The minimum absolute atomic E-state index is 0.211. The first kappa shape index (κ1) is 23.1. The summed E-state index contributed by atoms with van der Waals surface area (Å²) in [5.74, 6) is 0.349. The van der Waals surface area contributed by atoms with Crippen LogP contribution >= 0.6 is 0 Å². The van der Waals surface area contributed by atoms with Gasteiger partial charge in [0.1, 0.15) is 17.2 Å². The van der Waals surface area contributed by atoms with E-state index in [9.17, 15) is 9.59 Å². The fourth-order valence-corrected chi connectivity index (χ4v) is 4.16. The zero-order valence-corrected chi connectivity index (χ0v) is 20.1. The van der Waals surface area contributed by atoms with Gasteiger partial charge in [-0.05, 0) is 68.7 Å². The van der Waals surface area contributed by atoms with Crippen LogP contribution in [0.5, 0.6) is 11.5 Å². The van der Waals surface area contributed by atoms with Gasteiger partial charge in [0.25, 0.3) is 11.8 Å². The lowest BCUT2D eigenvalue weighted by Gasteiger charge is -2.17. The summed E-state index contributed by atoms with van der Waals surface area (Å²) >= 11 is 0. The summed E-state index contributed by atoms with van der Waals surface area (Å²) in [7, 11) is 1.57. The van der Waals surface area contributed by atoms with Gasteiger partial charge in [-0.1, -0.05) is 35.9 Å². The van der Waals surface area contributed by atoms with Gasteiger partial charge in [-0.2, -0.15) is 0 Å². The van der Waals surface area contributed by atoms with Crippen LogP contribution in [0.2, 0.25) is 0 Å². The molecule has 0 bridgehead atoms. The zero-order valence-electron chi connectivity index (χ0n) is 20.1. The molecule has 0 spiro atoms. The van der Waals surface area contributed by atoms with E-state index in [1.54, 1.807) is 31.4 Å². The van der Waals surface area contributed by atoms with Crippen molar-refractivity contribution >= 4 is 28.8 Å². The first-order chi connectivity index (χ1) is 16.3. The molecule has 6 nitrogen and oxygen atoms in total. The van der Waals surface area contributed by atoms with Crippen LogP contribution in [0.15, 0.2) is 66.4 Å². The summed E-state index contributed by atoms with van der Waals surface area (Å²) in [6.45, 7) is 8.26. The van der Waals surface area contributed by atoms with Crippen LogP contribution in [0.25, 0.3) is 5.57 Å². The second-order valence-electron chi connectivity index (χ2n) is 8.27. The van der Waals surface area contributed by atoms with E-state index in [1.807, 2.05) is 64.1 Å². The normalized spacial score (nSPS) is 13.5. The number of nitrogens with one attached hydrogen (secondary N) is 1. The molecule has 1 aliphatic heterocycles. The number of imide groups is 1. The van der Waals surface area contributed by atoms with Gasteiger partial charge in [0.15, 0.2) is 0 Å². The van der Waals surface area contributed by atoms with Crippen molar-refractivity contribution in [3.63, 3.8) is 0 Å². The highest BCUT2D eigenvalue weighted by atomic mass is 16.5. The number of aryl methyl sites for hydroxylation is 3. The number of ether oxygens (including phenoxy) is 2. The second kappa shape index (κ2) is 9.43. The predicted molar refractivity (Wildman–Crippen MR) is 134 cm³/mol. The molecule has 1 heterocycles. The Morgan fingerprint density at radius 1 is 0.882 bits per heavy atom. The van der Waals surface area contributed by atoms with E-state index in [0.717, 1.165) is 16.7 Å². The number of amides is 2. The molecule has 0 unspecified atom stereocenters. The fraction of sp³-hybridized carbons (Fsp3) is 0.214. The number of hydrogen-bond acceptors (Lipinski definition) is 5. The Balaban J connectivity index is 1.87. The van der Waals surface area contributed by atoms with E-state index < -0.39 is 5.91 Å². The van der Waals surface area contributed by atoms with E-state index in [0.29, 0.717) is 40.6 Å². The molecule has 2 amide bonds. The highest BCUT2D eigenvalue weighted by Gasteiger charge is 2.41. The second-order valence-corrected chi connectivity index (χ2v) is 8.27. The lowest BCUT2D eigenvalue weighted by Crippen LogP contribution is -2.32. The van der Waals surface area contributed by atoms with Crippen molar-refractivity contribution in [1.82, 2.24) is 0 Å². The molecular formula is C28H28N2O4. The van der Waals surface area contributed by atoms with Gasteiger partial charge in [-0.25, -0.2) is 4.90 Å². The molecule has 1 N–H and O–H groups in total. The molecule has 1 aliphatic rings. The van der Waals surface area contributed by atoms with E-state index in [2.05, 4.69) is 5.32 Å². The summed E-state index contributed by atoms with van der Waals surface area (Å²) in [5.41, 5.74) is 5.31. The average molecular weight is 457 g/mol. The van der Waals surface area contributed by atoms with Gasteiger partial charge in [0.2, 0.25) is 0 Å². The van der Waals surface area contributed by atoms with E-state index in [4.69, 9.17) is 9.47 Å². The Morgan fingerprint density at radius 3 is 2.32 bits per heavy atom. The molecule has 34 heavy (non-hydrogen) atoms. The predicted octanol–water partition coefficient (Wildman–Crippen LogP) is 5.42. The Kier molecular flexibility index (Phi) is 6.41. The molecule has 0 fully saturated rings. The molecule has 3 aromatic carbocycles. The average Bonchev–Trinajstić information content (AvgIpc) is 3.04. The van der Waals surface area contributed by atoms with Gasteiger partial charge in [-0.15, -0.1) is 0 Å². The monoisotopic (exact) mass is 456 g/mol. The van der Waals surface area contributed by atoms with Crippen LogP contribution < -0.4 is 19.7 Å². The summed E-state index contributed by atoms with van der Waals surface area (Å²) in [6.07, 6.45) is 0. The number of benzene rings is 3. The molecule has 0 aromatic heterocycles. The largest absolute Gasteiger partial charge is 0.495 e. The minimum atomic E-state index is -0.433. The standard InChI is InChI=1S/C28H28N2O4/c1-6-34-21-9-7-8-20(16-21)30-27(31)25(22-12-10-17(2)14-19(22)4)26(28(30)32)29-23-15-18(3)11-13-24(23)33-5/h7-16,29H,6H2,1-5H3. The number of carbonyl (C=O) groups excluding carboxylic acids is 2. The maximum atomic E-state index is 13.8. The van der Waals surface area contributed by atoms with Crippen LogP contribution in [-0.2, 0) is 9.59 Å². The number of anilines is 2. The molecular weight excluding hydrogens is 428 g/mol. The van der Waals surface area contributed by atoms with Gasteiger partial charge in [-0.3, -0.25) is 9.59 Å². The Hall–Kier alpha value is -4.06. The van der Waals surface area contributed by atoms with Crippen LogP contribution in [0, 0.1) is 20.8 Å². The number of nitrogens with zero attached hydrogens (tertiary/aromatic N) is 1. The number of carbonyl (C=O) groups is 2. The van der Waals surface area contributed by atoms with Crippen LogP contribution in [0.4, 0.5) is 11.4 Å². The molecule has 0 radical (unpaired) electrons. The van der Waals surface area contributed by atoms with Gasteiger partial charge < -0.3 is 14.8 Å². The third kappa shape index (κ3) is 4.27. The molecule has 174 valence electrons. The summed E-state index contributed by atoms with van der Waals surface area (Å²) in [5, 5.41) is 3.22. The Bertz CT molecular complexity index is 1310. The summed E-state index contributed by atoms with van der Waals surface area (Å²) in [6, 6.07) is 18.5. The van der Waals surface area contributed by atoms with E-state index in [-0.39, 0.29) is 11.6 Å². The molecule has 4 rings (SSSR count). The molecule has 3 aromatic rings. The molecule has 0 atom stereocenters. The van der Waals surface area contributed by atoms with Crippen molar-refractivity contribution in [2.75, 3.05) is 23.9 Å². The molecule has 0 aliphatic carbocycles. The Morgan fingerprint density at radius 2 is 1.62 bits per heavy atom. The highest BCUT2D eigenvalue weighted by Crippen LogP contribution is 2.37. The number of hydrogen-bond donors (Lipinski definition) is 1. The molecule has 6 heteroatoms. The SMILES string of the molecule is CCOc1cccc(N2C(=O)C(Nc3cc(C)ccc3OC)=C(c3ccc(C)cc3C)C2=O)c1. The Labute approximate surface area is 199 Å². The maximum Gasteiger partial charge on any atom is 0.282 e. The smallest absolute Gasteiger partial charge is 0.282 e. The molecule has 0 saturated heterocycles. The van der Waals surface area contributed by atoms with Crippen molar-refractivity contribution in [3.05, 3.63) is 88.6 Å². The van der Waals surface area contributed by atoms with Crippen molar-refractivity contribution in [3.8, 4) is 11.5 Å². The van der Waals surface area contributed by atoms with Crippen molar-refractivity contribution < 1.29 is 19.1 Å². The van der Waals surface area contributed by atoms with E-state index >= 15 is 0 Å². The first-order valence-corrected chi connectivity index (χ1v) is 11.2. The fourth-order valence-electron chi connectivity index (χ4n) is 4.16. The lowest BCUT2D eigenvalue weighted by atomic mass is 9.97. The van der Waals surface area contributed by atoms with Crippen molar-refractivity contribution in [2.24, 2.45) is 0 Å². The van der Waals surface area contributed by atoms with E-state index in [1.165, 1.54) is 4.90 Å². The minimum Gasteiger partial charge on any atom is -0.495 e. The van der Waals surface area contributed by atoms with Crippen LogP contribution in [0.1, 0.15) is 29.2 Å². The van der Waals surface area contributed by atoms with Crippen LogP contribution in [0.3, 0.4) is 0 Å². The lowest BCUT2D eigenvalue weighted by molar-refractivity contribution is -0.120. The molecule has 0 saturated carbocycles.